The Kier molecular flexibility index (Phi) is 7.01. The van der Waals surface area contributed by atoms with Gasteiger partial charge in [0, 0.05) is 37.4 Å². The van der Waals surface area contributed by atoms with Crippen LogP contribution < -0.4 is 4.90 Å². The highest BCUT2D eigenvalue weighted by Gasteiger charge is 2.24. The van der Waals surface area contributed by atoms with Crippen LogP contribution in [0.25, 0.3) is 17.1 Å². The largest absolute Gasteiger partial charge is 0.366 e. The number of aromatic nitrogens is 3. The summed E-state index contributed by atoms with van der Waals surface area (Å²) in [6, 6.07) is 24.0. The maximum atomic E-state index is 14.1. The number of para-hydroxylation sites is 2. The molecule has 0 atom stereocenters. The van der Waals surface area contributed by atoms with Crippen LogP contribution in [0.5, 0.6) is 0 Å². The van der Waals surface area contributed by atoms with Crippen LogP contribution in [0.2, 0.25) is 5.02 Å². The monoisotopic (exact) mass is 507 g/mol. The van der Waals surface area contributed by atoms with Gasteiger partial charge in [0.2, 0.25) is 5.91 Å². The molecule has 1 aliphatic heterocycles. The smallest absolute Gasteiger partial charge is 0.233 e. The third-order valence-electron chi connectivity index (χ3n) is 5.91. The van der Waals surface area contributed by atoms with Gasteiger partial charge in [0.25, 0.3) is 0 Å². The van der Waals surface area contributed by atoms with Crippen molar-refractivity contribution >= 4 is 35.0 Å². The van der Waals surface area contributed by atoms with E-state index in [4.69, 9.17) is 11.6 Å². The van der Waals surface area contributed by atoms with Gasteiger partial charge >= 0.3 is 0 Å². The van der Waals surface area contributed by atoms with E-state index in [9.17, 15) is 9.18 Å². The summed E-state index contributed by atoms with van der Waals surface area (Å²) in [4.78, 5) is 16.8. The lowest BCUT2D eigenvalue weighted by Gasteiger charge is -2.36. The first-order valence-electron chi connectivity index (χ1n) is 11.3. The second kappa shape index (κ2) is 10.5. The Bertz CT molecular complexity index is 1320. The highest BCUT2D eigenvalue weighted by Crippen LogP contribution is 2.32. The first-order chi connectivity index (χ1) is 17.1. The highest BCUT2D eigenvalue weighted by atomic mass is 35.5. The normalized spacial score (nSPS) is 13.8. The van der Waals surface area contributed by atoms with Crippen LogP contribution in [0.3, 0.4) is 0 Å². The van der Waals surface area contributed by atoms with Crippen LogP contribution in [0, 0.1) is 5.82 Å². The van der Waals surface area contributed by atoms with Crippen molar-refractivity contribution < 1.29 is 9.18 Å². The minimum Gasteiger partial charge on any atom is -0.366 e. The van der Waals surface area contributed by atoms with Gasteiger partial charge in [-0.1, -0.05) is 65.8 Å². The molecule has 0 radical (unpaired) electrons. The van der Waals surface area contributed by atoms with Crippen LogP contribution in [0.15, 0.2) is 84.0 Å². The molecule has 1 fully saturated rings. The molecular formula is C26H23ClFN5OS. The number of hydrogen-bond acceptors (Lipinski definition) is 5. The molecule has 0 bridgehead atoms. The number of benzene rings is 3. The molecule has 0 aliphatic carbocycles. The second-order valence-electron chi connectivity index (χ2n) is 8.06. The van der Waals surface area contributed by atoms with E-state index in [-0.39, 0.29) is 17.5 Å². The number of rotatable bonds is 6. The molecule has 178 valence electrons. The van der Waals surface area contributed by atoms with E-state index >= 15 is 0 Å². The van der Waals surface area contributed by atoms with E-state index in [0.717, 1.165) is 11.3 Å². The Labute approximate surface area is 212 Å². The predicted molar refractivity (Wildman–Crippen MR) is 138 cm³/mol. The zero-order valence-electron chi connectivity index (χ0n) is 18.8. The van der Waals surface area contributed by atoms with Crippen LogP contribution in [-0.2, 0) is 4.79 Å². The fourth-order valence-corrected chi connectivity index (χ4v) is 5.19. The first kappa shape index (κ1) is 23.4. The Morgan fingerprint density at radius 1 is 0.886 bits per heavy atom. The fourth-order valence-electron chi connectivity index (χ4n) is 4.11. The van der Waals surface area contributed by atoms with Crippen molar-refractivity contribution in [3.63, 3.8) is 0 Å². The lowest BCUT2D eigenvalue weighted by atomic mass is 10.2. The average molecular weight is 508 g/mol. The maximum absolute atomic E-state index is 14.1. The zero-order chi connectivity index (χ0) is 24.2. The van der Waals surface area contributed by atoms with Crippen molar-refractivity contribution in [1.29, 1.82) is 0 Å². The lowest BCUT2D eigenvalue weighted by Crippen LogP contribution is -2.49. The molecular weight excluding hydrogens is 485 g/mol. The van der Waals surface area contributed by atoms with E-state index in [0.29, 0.717) is 47.9 Å². The number of carbonyl (C=O) groups is 1. The standard InChI is InChI=1S/C26H23ClFN5OS/c27-21-11-5-4-10-20(21)25-29-30-26(33(25)19-8-2-1-3-9-19)35-18-24(34)32-16-14-31(15-17-32)23-13-7-6-12-22(23)28/h1-13H,14-18H2. The summed E-state index contributed by atoms with van der Waals surface area (Å²) in [5.74, 6) is 0.630. The van der Waals surface area contributed by atoms with Crippen LogP contribution in [0.1, 0.15) is 0 Å². The minimum absolute atomic E-state index is 0.0186. The van der Waals surface area contributed by atoms with Gasteiger partial charge in [-0.05, 0) is 36.4 Å². The van der Waals surface area contributed by atoms with Gasteiger partial charge in [0.1, 0.15) is 5.82 Å². The molecule has 35 heavy (non-hydrogen) atoms. The summed E-state index contributed by atoms with van der Waals surface area (Å²) in [7, 11) is 0. The van der Waals surface area contributed by atoms with E-state index in [1.54, 1.807) is 12.1 Å². The first-order valence-corrected chi connectivity index (χ1v) is 12.6. The topological polar surface area (TPSA) is 54.3 Å². The van der Waals surface area contributed by atoms with Crippen molar-refractivity contribution in [2.45, 2.75) is 5.16 Å². The molecule has 0 N–H and O–H groups in total. The Hall–Kier alpha value is -3.36. The third-order valence-corrected chi connectivity index (χ3v) is 7.16. The third kappa shape index (κ3) is 5.04. The Morgan fingerprint density at radius 2 is 1.57 bits per heavy atom. The predicted octanol–water partition coefficient (Wildman–Crippen LogP) is 5.17. The molecule has 3 aromatic carbocycles. The molecule has 0 spiro atoms. The Balaban J connectivity index is 1.30. The Morgan fingerprint density at radius 3 is 2.31 bits per heavy atom. The molecule has 2 heterocycles. The summed E-state index contributed by atoms with van der Waals surface area (Å²) in [6.07, 6.45) is 0. The second-order valence-corrected chi connectivity index (χ2v) is 9.41. The van der Waals surface area contributed by atoms with Crippen molar-refractivity contribution in [3.8, 4) is 17.1 Å². The highest BCUT2D eigenvalue weighted by molar-refractivity contribution is 7.99. The van der Waals surface area contributed by atoms with E-state index in [1.165, 1.54) is 17.8 Å². The van der Waals surface area contributed by atoms with Crippen LogP contribution in [0.4, 0.5) is 10.1 Å². The molecule has 0 saturated carbocycles. The summed E-state index contributed by atoms with van der Waals surface area (Å²) in [6.45, 7) is 2.27. The molecule has 1 aliphatic rings. The van der Waals surface area contributed by atoms with Gasteiger partial charge in [-0.15, -0.1) is 10.2 Å². The number of anilines is 1. The number of hydrogen-bond donors (Lipinski definition) is 0. The van der Waals surface area contributed by atoms with E-state index in [2.05, 4.69) is 10.2 Å². The number of carbonyl (C=O) groups excluding carboxylic acids is 1. The number of amides is 1. The van der Waals surface area contributed by atoms with Gasteiger partial charge in [-0.2, -0.15) is 0 Å². The molecule has 5 rings (SSSR count). The van der Waals surface area contributed by atoms with E-state index < -0.39 is 0 Å². The minimum atomic E-state index is -0.239. The SMILES string of the molecule is O=C(CSc1nnc(-c2ccccc2Cl)n1-c1ccccc1)N1CCN(c2ccccc2F)CC1. The average Bonchev–Trinajstić information content (AvgIpc) is 3.32. The van der Waals surface area contributed by atoms with Gasteiger partial charge < -0.3 is 9.80 Å². The summed E-state index contributed by atoms with van der Waals surface area (Å²) >= 11 is 7.79. The van der Waals surface area contributed by atoms with Gasteiger partial charge in [0.15, 0.2) is 11.0 Å². The molecule has 1 aromatic heterocycles. The number of halogens is 2. The molecule has 1 amide bonds. The zero-order valence-corrected chi connectivity index (χ0v) is 20.4. The van der Waals surface area contributed by atoms with E-state index in [1.807, 2.05) is 75.0 Å². The van der Waals surface area contributed by atoms with Crippen molar-refractivity contribution in [2.24, 2.45) is 0 Å². The maximum Gasteiger partial charge on any atom is 0.233 e. The molecule has 0 unspecified atom stereocenters. The number of nitrogens with zero attached hydrogens (tertiary/aromatic N) is 5. The van der Waals surface area contributed by atoms with Gasteiger partial charge in [-0.3, -0.25) is 9.36 Å². The summed E-state index contributed by atoms with van der Waals surface area (Å²) < 4.78 is 16.0. The fraction of sp³-hybridized carbons (Fsp3) is 0.192. The van der Waals surface area contributed by atoms with Crippen molar-refractivity contribution in [1.82, 2.24) is 19.7 Å². The van der Waals surface area contributed by atoms with Gasteiger partial charge in [0.05, 0.1) is 16.5 Å². The number of piperazine rings is 1. The van der Waals surface area contributed by atoms with Gasteiger partial charge in [-0.25, -0.2) is 4.39 Å². The van der Waals surface area contributed by atoms with Crippen molar-refractivity contribution in [2.75, 3.05) is 36.8 Å². The molecule has 9 heteroatoms. The van der Waals surface area contributed by atoms with Crippen molar-refractivity contribution in [3.05, 3.63) is 89.7 Å². The molecule has 1 saturated heterocycles. The molecule has 6 nitrogen and oxygen atoms in total. The molecule has 4 aromatic rings. The van der Waals surface area contributed by atoms with Crippen LogP contribution in [-0.4, -0.2) is 57.5 Å². The summed E-state index contributed by atoms with van der Waals surface area (Å²) in [5.41, 5.74) is 2.24. The quantitative estimate of drug-likeness (QED) is 0.337. The van der Waals surface area contributed by atoms with Crippen LogP contribution >= 0.6 is 23.4 Å². The lowest BCUT2D eigenvalue weighted by molar-refractivity contribution is -0.128. The summed E-state index contributed by atoms with van der Waals surface area (Å²) in [5, 5.41) is 9.99. The number of thioether (sulfide) groups is 1.